The number of carboxylic acids is 1. The van der Waals surface area contributed by atoms with E-state index in [-0.39, 0.29) is 10.7 Å². The SMILES string of the molecule is Cc1c(C(=O)O)oc2ccc(S(=O)(=O)NC(C)c3cccc(C#N)c3)cc12. The zero-order valence-corrected chi connectivity index (χ0v) is 15.4. The molecule has 138 valence electrons. The van der Waals surface area contributed by atoms with Crippen LogP contribution in [0.4, 0.5) is 0 Å². The number of hydrogen-bond donors (Lipinski definition) is 2. The van der Waals surface area contributed by atoms with Crippen LogP contribution in [-0.2, 0) is 10.0 Å². The van der Waals surface area contributed by atoms with Crippen LogP contribution < -0.4 is 4.72 Å². The molecule has 3 rings (SSSR count). The molecule has 2 N–H and O–H groups in total. The van der Waals surface area contributed by atoms with Gasteiger partial charge in [0.25, 0.3) is 0 Å². The molecule has 0 spiro atoms. The Balaban J connectivity index is 1.95. The summed E-state index contributed by atoms with van der Waals surface area (Å²) >= 11 is 0. The molecule has 8 heteroatoms. The van der Waals surface area contributed by atoms with Crippen molar-refractivity contribution < 1.29 is 22.7 Å². The number of sulfonamides is 1. The predicted molar refractivity (Wildman–Crippen MR) is 97.8 cm³/mol. The lowest BCUT2D eigenvalue weighted by atomic mass is 10.1. The summed E-state index contributed by atoms with van der Waals surface area (Å²) in [5.41, 5.74) is 1.77. The Morgan fingerprint density at radius 3 is 2.67 bits per heavy atom. The molecule has 0 aliphatic rings. The molecule has 7 nitrogen and oxygen atoms in total. The number of nitrogens with one attached hydrogen (secondary N) is 1. The van der Waals surface area contributed by atoms with Crippen molar-refractivity contribution in [1.82, 2.24) is 4.72 Å². The third-order valence-electron chi connectivity index (χ3n) is 4.26. The minimum Gasteiger partial charge on any atom is -0.475 e. The van der Waals surface area contributed by atoms with Gasteiger partial charge in [0.15, 0.2) is 0 Å². The average molecular weight is 384 g/mol. The van der Waals surface area contributed by atoms with Crippen molar-refractivity contribution in [2.75, 3.05) is 0 Å². The second-order valence-corrected chi connectivity index (χ2v) is 7.81. The molecule has 27 heavy (non-hydrogen) atoms. The molecular formula is C19H16N2O5S. The van der Waals surface area contributed by atoms with E-state index in [1.54, 1.807) is 38.1 Å². The molecule has 1 aromatic heterocycles. The third kappa shape index (κ3) is 3.56. The minimum atomic E-state index is -3.87. The Kier molecular flexibility index (Phi) is 4.74. The maximum absolute atomic E-state index is 12.7. The van der Waals surface area contributed by atoms with Crippen LogP contribution in [0.3, 0.4) is 0 Å². The van der Waals surface area contributed by atoms with Crippen LogP contribution in [0, 0.1) is 18.3 Å². The molecule has 3 aromatic rings. The Labute approximate surface area is 155 Å². The molecule has 0 bridgehead atoms. The van der Waals surface area contributed by atoms with Crippen LogP contribution in [0.5, 0.6) is 0 Å². The highest BCUT2D eigenvalue weighted by molar-refractivity contribution is 7.89. The second-order valence-electron chi connectivity index (χ2n) is 6.10. The molecular weight excluding hydrogens is 368 g/mol. The first kappa shape index (κ1) is 18.6. The zero-order valence-electron chi connectivity index (χ0n) is 14.6. The first-order valence-corrected chi connectivity index (χ1v) is 9.50. The van der Waals surface area contributed by atoms with Crippen LogP contribution in [0.1, 0.15) is 40.2 Å². The number of nitriles is 1. The van der Waals surface area contributed by atoms with Crippen molar-refractivity contribution in [2.45, 2.75) is 24.8 Å². The summed E-state index contributed by atoms with van der Waals surface area (Å²) in [6.45, 7) is 3.24. The molecule has 0 radical (unpaired) electrons. The highest BCUT2D eigenvalue weighted by Crippen LogP contribution is 2.28. The number of nitrogens with zero attached hydrogens (tertiary/aromatic N) is 1. The number of carboxylic acid groups (broad SMARTS) is 1. The van der Waals surface area contributed by atoms with E-state index in [1.165, 1.54) is 18.2 Å². The normalized spacial score (nSPS) is 12.6. The van der Waals surface area contributed by atoms with Crippen LogP contribution in [-0.4, -0.2) is 19.5 Å². The summed E-state index contributed by atoms with van der Waals surface area (Å²) in [7, 11) is -3.87. The van der Waals surface area contributed by atoms with Gasteiger partial charge in [-0.05, 0) is 49.7 Å². The molecule has 0 saturated heterocycles. The van der Waals surface area contributed by atoms with Gasteiger partial charge < -0.3 is 9.52 Å². The van der Waals surface area contributed by atoms with E-state index < -0.39 is 22.0 Å². The number of aromatic carboxylic acids is 1. The van der Waals surface area contributed by atoms with Gasteiger partial charge in [0.1, 0.15) is 5.58 Å². The Hall–Kier alpha value is -3.15. The van der Waals surface area contributed by atoms with E-state index in [0.29, 0.717) is 27.7 Å². The topological polar surface area (TPSA) is 120 Å². The number of benzene rings is 2. The van der Waals surface area contributed by atoms with Crippen LogP contribution >= 0.6 is 0 Å². The van der Waals surface area contributed by atoms with E-state index in [1.807, 2.05) is 6.07 Å². The fraction of sp³-hybridized carbons (Fsp3) is 0.158. The molecule has 1 unspecified atom stereocenters. The van der Waals surface area contributed by atoms with Gasteiger partial charge in [-0.3, -0.25) is 0 Å². The van der Waals surface area contributed by atoms with Gasteiger partial charge in [-0.25, -0.2) is 17.9 Å². The van der Waals surface area contributed by atoms with Crippen LogP contribution in [0.15, 0.2) is 51.8 Å². The smallest absolute Gasteiger partial charge is 0.372 e. The maximum atomic E-state index is 12.7. The standard InChI is InChI=1S/C19H16N2O5S/c1-11-16-9-15(6-7-17(16)26-18(11)19(22)23)27(24,25)21-12(2)14-5-3-4-13(8-14)10-20/h3-9,12,21H,1-2H3,(H,22,23). The lowest BCUT2D eigenvalue weighted by Gasteiger charge is -2.15. The van der Waals surface area contributed by atoms with E-state index in [2.05, 4.69) is 4.72 Å². The molecule has 0 aliphatic heterocycles. The van der Waals surface area contributed by atoms with Crippen molar-refractivity contribution >= 4 is 27.0 Å². The average Bonchev–Trinajstić information content (AvgIpc) is 2.98. The quantitative estimate of drug-likeness (QED) is 0.696. The number of hydrogen-bond acceptors (Lipinski definition) is 5. The molecule has 0 fully saturated rings. The summed E-state index contributed by atoms with van der Waals surface area (Å²) in [4.78, 5) is 11.2. The predicted octanol–water partition coefficient (Wildman–Crippen LogP) is 3.35. The van der Waals surface area contributed by atoms with Gasteiger partial charge in [0.05, 0.1) is 16.5 Å². The van der Waals surface area contributed by atoms with Crippen molar-refractivity contribution in [2.24, 2.45) is 0 Å². The fourth-order valence-corrected chi connectivity index (χ4v) is 4.08. The largest absolute Gasteiger partial charge is 0.475 e. The number of furan rings is 1. The van der Waals surface area contributed by atoms with E-state index >= 15 is 0 Å². The lowest BCUT2D eigenvalue weighted by molar-refractivity contribution is 0.0664. The molecule has 0 saturated carbocycles. The molecule has 0 amide bonds. The van der Waals surface area contributed by atoms with Crippen molar-refractivity contribution in [3.63, 3.8) is 0 Å². The number of carbonyl (C=O) groups is 1. The number of rotatable bonds is 5. The summed E-state index contributed by atoms with van der Waals surface area (Å²) in [6, 6.07) is 12.3. The molecule has 0 aliphatic carbocycles. The number of aryl methyl sites for hydroxylation is 1. The summed E-state index contributed by atoms with van der Waals surface area (Å²) in [5.74, 6) is -1.42. The lowest BCUT2D eigenvalue weighted by Crippen LogP contribution is -2.26. The van der Waals surface area contributed by atoms with E-state index in [9.17, 15) is 13.2 Å². The Bertz CT molecular complexity index is 1190. The van der Waals surface area contributed by atoms with Gasteiger partial charge in [0.2, 0.25) is 15.8 Å². The van der Waals surface area contributed by atoms with Gasteiger partial charge in [-0.1, -0.05) is 12.1 Å². The summed E-state index contributed by atoms with van der Waals surface area (Å²) in [5, 5.41) is 18.5. The third-order valence-corrected chi connectivity index (χ3v) is 5.80. The van der Waals surface area contributed by atoms with Crippen LogP contribution in [0.2, 0.25) is 0 Å². The molecule has 1 atom stereocenters. The van der Waals surface area contributed by atoms with Gasteiger partial charge in [-0.15, -0.1) is 0 Å². The minimum absolute atomic E-state index is 0.000809. The first-order chi connectivity index (χ1) is 12.7. The zero-order chi connectivity index (χ0) is 19.8. The Morgan fingerprint density at radius 1 is 1.26 bits per heavy atom. The molecule has 1 heterocycles. The van der Waals surface area contributed by atoms with Gasteiger partial charge >= 0.3 is 5.97 Å². The van der Waals surface area contributed by atoms with E-state index in [0.717, 1.165) is 0 Å². The highest BCUT2D eigenvalue weighted by Gasteiger charge is 2.22. The van der Waals surface area contributed by atoms with Crippen molar-refractivity contribution in [1.29, 1.82) is 5.26 Å². The van der Waals surface area contributed by atoms with Gasteiger partial charge in [-0.2, -0.15) is 5.26 Å². The van der Waals surface area contributed by atoms with Crippen LogP contribution in [0.25, 0.3) is 11.0 Å². The van der Waals surface area contributed by atoms with E-state index in [4.69, 9.17) is 14.8 Å². The number of fused-ring (bicyclic) bond motifs is 1. The molecule has 2 aromatic carbocycles. The summed E-state index contributed by atoms with van der Waals surface area (Å²) in [6.07, 6.45) is 0. The highest BCUT2D eigenvalue weighted by atomic mass is 32.2. The van der Waals surface area contributed by atoms with Crippen molar-refractivity contribution in [3.05, 3.63) is 64.9 Å². The first-order valence-electron chi connectivity index (χ1n) is 8.02. The maximum Gasteiger partial charge on any atom is 0.372 e. The fourth-order valence-electron chi connectivity index (χ4n) is 2.82. The summed E-state index contributed by atoms with van der Waals surface area (Å²) < 4.78 is 33.3. The van der Waals surface area contributed by atoms with Crippen molar-refractivity contribution in [3.8, 4) is 6.07 Å². The Morgan fingerprint density at radius 2 is 2.00 bits per heavy atom. The second kappa shape index (κ2) is 6.87. The van der Waals surface area contributed by atoms with Gasteiger partial charge in [0, 0.05) is 17.0 Å². The monoisotopic (exact) mass is 384 g/mol.